The van der Waals surface area contributed by atoms with Gasteiger partial charge in [0.25, 0.3) is 0 Å². The van der Waals surface area contributed by atoms with Crippen molar-refractivity contribution in [1.82, 2.24) is 4.98 Å². The third kappa shape index (κ3) is 2.95. The van der Waals surface area contributed by atoms with Crippen molar-refractivity contribution in [2.75, 3.05) is 17.7 Å². The quantitative estimate of drug-likeness (QED) is 0.456. The number of carbonyl (C=O) groups is 1. The van der Waals surface area contributed by atoms with Crippen LogP contribution in [0.1, 0.15) is 19.4 Å². The van der Waals surface area contributed by atoms with Gasteiger partial charge in [-0.15, -0.1) is 11.3 Å². The summed E-state index contributed by atoms with van der Waals surface area (Å²) >= 11 is 3.16. The van der Waals surface area contributed by atoms with E-state index in [1.807, 2.05) is 31.3 Å². The van der Waals surface area contributed by atoms with Crippen LogP contribution in [0.3, 0.4) is 0 Å². The van der Waals surface area contributed by atoms with E-state index in [0.29, 0.717) is 5.75 Å². The van der Waals surface area contributed by atoms with E-state index in [2.05, 4.69) is 48.0 Å². The predicted octanol–water partition coefficient (Wildman–Crippen LogP) is 5.27. The number of nitrogens with zero attached hydrogens (tertiary/aromatic N) is 2. The number of hydrogen-bond donors (Lipinski definition) is 0. The van der Waals surface area contributed by atoms with Crippen molar-refractivity contribution in [3.8, 4) is 0 Å². The molecule has 0 N–H and O–H groups in total. The average Bonchev–Trinajstić information content (AvgIpc) is 3.13. The molecule has 1 aliphatic heterocycles. The van der Waals surface area contributed by atoms with Crippen molar-refractivity contribution in [2.24, 2.45) is 0 Å². The molecule has 0 saturated carbocycles. The molecular formula is C21H20N2OS2. The van der Waals surface area contributed by atoms with E-state index in [9.17, 15) is 4.79 Å². The van der Waals surface area contributed by atoms with Crippen molar-refractivity contribution in [3.05, 3.63) is 65.9 Å². The zero-order chi connectivity index (χ0) is 18.3. The van der Waals surface area contributed by atoms with E-state index in [0.717, 1.165) is 20.3 Å². The average molecular weight is 381 g/mol. The zero-order valence-corrected chi connectivity index (χ0v) is 16.7. The van der Waals surface area contributed by atoms with Gasteiger partial charge in [-0.05, 0) is 23.8 Å². The number of ketones is 1. The number of anilines is 1. The monoisotopic (exact) mass is 380 g/mol. The fourth-order valence-electron chi connectivity index (χ4n) is 3.50. The number of thioether (sulfide) groups is 1. The fourth-order valence-corrected chi connectivity index (χ4v) is 5.39. The van der Waals surface area contributed by atoms with Crippen LogP contribution in [0.5, 0.6) is 0 Å². The zero-order valence-electron chi connectivity index (χ0n) is 15.0. The van der Waals surface area contributed by atoms with E-state index in [-0.39, 0.29) is 11.2 Å². The Morgan fingerprint density at radius 2 is 1.92 bits per heavy atom. The Morgan fingerprint density at radius 3 is 2.69 bits per heavy atom. The SMILES string of the molecule is CN1C(=CC(=O)CSc2nc3ccccc3s2)C(C)(C)c2ccccc21. The topological polar surface area (TPSA) is 33.2 Å². The first kappa shape index (κ1) is 17.3. The molecule has 0 radical (unpaired) electrons. The van der Waals surface area contributed by atoms with Crippen molar-refractivity contribution in [2.45, 2.75) is 23.6 Å². The lowest BCUT2D eigenvalue weighted by Crippen LogP contribution is -2.24. The van der Waals surface area contributed by atoms with Crippen LogP contribution in [-0.2, 0) is 10.2 Å². The van der Waals surface area contributed by atoms with Gasteiger partial charge in [0.2, 0.25) is 0 Å². The van der Waals surface area contributed by atoms with Gasteiger partial charge in [0.05, 0.1) is 16.0 Å². The highest BCUT2D eigenvalue weighted by Gasteiger charge is 2.38. The maximum absolute atomic E-state index is 12.6. The Hall–Kier alpha value is -2.11. The first-order chi connectivity index (χ1) is 12.5. The smallest absolute Gasteiger partial charge is 0.167 e. The summed E-state index contributed by atoms with van der Waals surface area (Å²) < 4.78 is 2.10. The molecule has 0 amide bonds. The Morgan fingerprint density at radius 1 is 1.19 bits per heavy atom. The summed E-state index contributed by atoms with van der Waals surface area (Å²) in [5.41, 5.74) is 4.32. The molecule has 2 aromatic carbocycles. The molecule has 3 aromatic rings. The molecule has 1 aromatic heterocycles. The molecule has 132 valence electrons. The Balaban J connectivity index is 1.52. The van der Waals surface area contributed by atoms with Gasteiger partial charge in [-0.3, -0.25) is 4.79 Å². The van der Waals surface area contributed by atoms with Crippen LogP contribution in [0.25, 0.3) is 10.2 Å². The lowest BCUT2D eigenvalue weighted by molar-refractivity contribution is -0.112. The third-order valence-electron chi connectivity index (χ3n) is 4.85. The highest BCUT2D eigenvalue weighted by atomic mass is 32.2. The fraction of sp³-hybridized carbons (Fsp3) is 0.238. The van der Waals surface area contributed by atoms with Gasteiger partial charge in [0.1, 0.15) is 0 Å². The minimum Gasteiger partial charge on any atom is -0.347 e. The normalized spacial score (nSPS) is 17.0. The van der Waals surface area contributed by atoms with E-state index in [1.165, 1.54) is 23.0 Å². The molecule has 26 heavy (non-hydrogen) atoms. The molecule has 0 atom stereocenters. The second kappa shape index (κ2) is 6.56. The summed E-state index contributed by atoms with van der Waals surface area (Å²) in [6.07, 6.45) is 1.81. The van der Waals surface area contributed by atoms with Crippen LogP contribution in [0.15, 0.2) is 64.6 Å². The standard InChI is InChI=1S/C21H20N2OS2/c1-21(2)15-8-4-6-10-17(15)23(3)19(21)12-14(24)13-25-20-22-16-9-5-7-11-18(16)26-20/h4-12H,13H2,1-3H3. The van der Waals surface area contributed by atoms with Gasteiger partial charge in [-0.1, -0.05) is 55.9 Å². The molecule has 0 fully saturated rings. The highest BCUT2D eigenvalue weighted by Crippen LogP contribution is 2.46. The number of fused-ring (bicyclic) bond motifs is 2. The molecule has 4 rings (SSSR count). The molecule has 0 bridgehead atoms. The van der Waals surface area contributed by atoms with E-state index >= 15 is 0 Å². The number of carbonyl (C=O) groups excluding carboxylic acids is 1. The minimum absolute atomic E-state index is 0.122. The number of likely N-dealkylation sites (N-methyl/N-ethyl adjacent to an activating group) is 1. The third-order valence-corrected chi connectivity index (χ3v) is 7.05. The Kier molecular flexibility index (Phi) is 4.37. The van der Waals surface area contributed by atoms with Crippen LogP contribution >= 0.6 is 23.1 Å². The van der Waals surface area contributed by atoms with Crippen molar-refractivity contribution in [3.63, 3.8) is 0 Å². The molecule has 3 nitrogen and oxygen atoms in total. The number of rotatable bonds is 4. The summed E-state index contributed by atoms with van der Waals surface area (Å²) in [5.74, 6) is 0.529. The van der Waals surface area contributed by atoms with Crippen LogP contribution < -0.4 is 4.90 Å². The maximum Gasteiger partial charge on any atom is 0.167 e. The molecule has 5 heteroatoms. The van der Waals surface area contributed by atoms with Crippen LogP contribution in [-0.4, -0.2) is 23.6 Å². The van der Waals surface area contributed by atoms with Crippen LogP contribution in [0, 0.1) is 0 Å². The maximum atomic E-state index is 12.6. The Labute approximate surface area is 161 Å². The highest BCUT2D eigenvalue weighted by molar-refractivity contribution is 8.01. The number of hydrogen-bond acceptors (Lipinski definition) is 5. The summed E-state index contributed by atoms with van der Waals surface area (Å²) in [6.45, 7) is 4.35. The van der Waals surface area contributed by atoms with Gasteiger partial charge >= 0.3 is 0 Å². The van der Waals surface area contributed by atoms with Gasteiger partial charge in [0.15, 0.2) is 10.1 Å². The molecule has 0 spiro atoms. The molecule has 1 aliphatic rings. The van der Waals surface area contributed by atoms with Crippen molar-refractivity contribution >= 4 is 44.8 Å². The number of aromatic nitrogens is 1. The van der Waals surface area contributed by atoms with E-state index in [1.54, 1.807) is 17.4 Å². The van der Waals surface area contributed by atoms with Gasteiger partial charge in [-0.25, -0.2) is 4.98 Å². The number of para-hydroxylation sites is 2. The summed E-state index contributed by atoms with van der Waals surface area (Å²) in [6, 6.07) is 16.4. The van der Waals surface area contributed by atoms with Crippen molar-refractivity contribution in [1.29, 1.82) is 0 Å². The van der Waals surface area contributed by atoms with E-state index < -0.39 is 0 Å². The molecular weight excluding hydrogens is 360 g/mol. The number of benzene rings is 2. The van der Waals surface area contributed by atoms with Crippen LogP contribution in [0.4, 0.5) is 5.69 Å². The minimum atomic E-state index is -0.165. The van der Waals surface area contributed by atoms with Crippen LogP contribution in [0.2, 0.25) is 0 Å². The van der Waals surface area contributed by atoms with Gasteiger partial charge in [-0.2, -0.15) is 0 Å². The van der Waals surface area contributed by atoms with Gasteiger partial charge < -0.3 is 4.90 Å². The first-order valence-corrected chi connectivity index (χ1v) is 10.3. The summed E-state index contributed by atoms with van der Waals surface area (Å²) in [5, 5.41) is 0. The first-order valence-electron chi connectivity index (χ1n) is 8.53. The van der Waals surface area contributed by atoms with Gasteiger partial charge in [0, 0.05) is 29.9 Å². The molecule has 0 unspecified atom stereocenters. The largest absolute Gasteiger partial charge is 0.347 e. The lowest BCUT2D eigenvalue weighted by Gasteiger charge is -2.23. The second-order valence-electron chi connectivity index (χ2n) is 6.93. The predicted molar refractivity (Wildman–Crippen MR) is 111 cm³/mol. The molecule has 2 heterocycles. The number of allylic oxidation sites excluding steroid dienone is 2. The number of thiazole rings is 1. The Bertz CT molecular complexity index is 987. The van der Waals surface area contributed by atoms with E-state index in [4.69, 9.17) is 0 Å². The molecule has 0 saturated heterocycles. The van der Waals surface area contributed by atoms with Crippen molar-refractivity contribution < 1.29 is 4.79 Å². The lowest BCUT2D eigenvalue weighted by atomic mass is 9.83. The summed E-state index contributed by atoms with van der Waals surface area (Å²) in [4.78, 5) is 19.4. The summed E-state index contributed by atoms with van der Waals surface area (Å²) in [7, 11) is 2.04. The molecule has 0 aliphatic carbocycles. The second-order valence-corrected chi connectivity index (χ2v) is 9.19.